The maximum atomic E-state index is 12.1. The lowest BCUT2D eigenvalue weighted by molar-refractivity contribution is 0.0229. The molecule has 2 heterocycles. The van der Waals surface area contributed by atoms with Crippen LogP contribution in [0.15, 0.2) is 35.4 Å². The molecule has 2 unspecified atom stereocenters. The summed E-state index contributed by atoms with van der Waals surface area (Å²) >= 11 is 0. The van der Waals surface area contributed by atoms with Crippen LogP contribution in [0.2, 0.25) is 0 Å². The number of ether oxygens (including phenoxy) is 1. The van der Waals surface area contributed by atoms with Crippen molar-refractivity contribution in [1.82, 2.24) is 5.32 Å². The van der Waals surface area contributed by atoms with Gasteiger partial charge in [0.2, 0.25) is 0 Å². The molecule has 4 rings (SSSR count). The van der Waals surface area contributed by atoms with Crippen LogP contribution in [0.5, 0.6) is 0 Å². The van der Waals surface area contributed by atoms with Gasteiger partial charge in [0.05, 0.1) is 21.0 Å². The number of fused-ring (bicyclic) bond motifs is 2. The average Bonchev–Trinajstić information content (AvgIpc) is 3.10. The van der Waals surface area contributed by atoms with E-state index in [9.17, 15) is 4.21 Å². The average molecular weight is 339 g/mol. The molecule has 1 saturated carbocycles. The number of benzene rings is 1. The SMILES string of the molecule is C=C1N(CC2CC2)c2ccc(S(=C)(=O)Cl)cc2C12NCCO2. The van der Waals surface area contributed by atoms with Gasteiger partial charge < -0.3 is 9.64 Å². The van der Waals surface area contributed by atoms with Crippen LogP contribution in [0, 0.1) is 5.92 Å². The van der Waals surface area contributed by atoms with Gasteiger partial charge in [0.15, 0.2) is 5.72 Å². The number of hydrogen-bond acceptors (Lipinski definition) is 4. The summed E-state index contributed by atoms with van der Waals surface area (Å²) in [5, 5.41) is 3.42. The van der Waals surface area contributed by atoms with Gasteiger partial charge in [-0.2, -0.15) is 0 Å². The molecule has 2 atom stereocenters. The highest BCUT2D eigenvalue weighted by molar-refractivity contribution is 8.21. The number of nitrogens with zero attached hydrogens (tertiary/aromatic N) is 1. The number of rotatable bonds is 3. The maximum absolute atomic E-state index is 12.1. The highest BCUT2D eigenvalue weighted by Crippen LogP contribution is 2.50. The third kappa shape index (κ3) is 2.11. The Labute approximate surface area is 135 Å². The van der Waals surface area contributed by atoms with Crippen molar-refractivity contribution in [2.75, 3.05) is 24.6 Å². The van der Waals surface area contributed by atoms with E-state index in [4.69, 9.17) is 15.4 Å². The predicted octanol–water partition coefficient (Wildman–Crippen LogP) is 2.43. The molecule has 1 aromatic rings. The fraction of sp³-hybridized carbons (Fsp3) is 0.438. The van der Waals surface area contributed by atoms with E-state index >= 15 is 0 Å². The van der Waals surface area contributed by atoms with Crippen LogP contribution in [-0.4, -0.2) is 29.8 Å². The van der Waals surface area contributed by atoms with Crippen LogP contribution in [0.25, 0.3) is 0 Å². The highest BCUT2D eigenvalue weighted by atomic mass is 35.7. The van der Waals surface area contributed by atoms with Crippen molar-refractivity contribution >= 4 is 31.0 Å². The second kappa shape index (κ2) is 4.74. The molecular weight excluding hydrogens is 320 g/mol. The molecule has 1 saturated heterocycles. The van der Waals surface area contributed by atoms with Crippen LogP contribution >= 0.6 is 10.7 Å². The summed E-state index contributed by atoms with van der Waals surface area (Å²) in [5.41, 5.74) is 2.22. The molecule has 1 spiro atoms. The van der Waals surface area contributed by atoms with Gasteiger partial charge in [0.1, 0.15) is 0 Å². The first kappa shape index (κ1) is 14.6. The van der Waals surface area contributed by atoms with E-state index in [-0.39, 0.29) is 0 Å². The zero-order valence-electron chi connectivity index (χ0n) is 12.3. The van der Waals surface area contributed by atoms with E-state index < -0.39 is 14.5 Å². The molecule has 0 aromatic heterocycles. The minimum Gasteiger partial charge on any atom is -0.349 e. The van der Waals surface area contributed by atoms with E-state index in [0.717, 1.165) is 36.0 Å². The molecule has 0 amide bonds. The van der Waals surface area contributed by atoms with Crippen molar-refractivity contribution in [1.29, 1.82) is 0 Å². The molecule has 118 valence electrons. The fourth-order valence-electron chi connectivity index (χ4n) is 3.32. The maximum Gasteiger partial charge on any atom is 0.188 e. The van der Waals surface area contributed by atoms with E-state index in [1.54, 1.807) is 6.07 Å². The molecule has 1 N–H and O–H groups in total. The number of nitrogens with one attached hydrogen (secondary N) is 1. The molecule has 3 aliphatic rings. The smallest absolute Gasteiger partial charge is 0.188 e. The van der Waals surface area contributed by atoms with Crippen LogP contribution in [0.4, 0.5) is 5.69 Å². The van der Waals surface area contributed by atoms with E-state index in [1.807, 2.05) is 12.1 Å². The van der Waals surface area contributed by atoms with Gasteiger partial charge in [-0.3, -0.25) is 5.32 Å². The van der Waals surface area contributed by atoms with Crippen molar-refractivity contribution in [3.05, 3.63) is 36.0 Å². The molecule has 6 heteroatoms. The molecular formula is C16H19ClN2O2S. The lowest BCUT2D eigenvalue weighted by Gasteiger charge is -2.28. The molecule has 1 aromatic carbocycles. The minimum absolute atomic E-state index is 0.533. The van der Waals surface area contributed by atoms with Gasteiger partial charge >= 0.3 is 0 Å². The third-order valence-corrected chi connectivity index (χ3v) is 6.15. The lowest BCUT2D eigenvalue weighted by Crippen LogP contribution is -2.40. The number of halogens is 1. The van der Waals surface area contributed by atoms with Crippen LogP contribution in [-0.2, 0) is 19.2 Å². The van der Waals surface area contributed by atoms with Crippen LogP contribution in [0.1, 0.15) is 18.4 Å². The van der Waals surface area contributed by atoms with E-state index in [2.05, 4.69) is 22.7 Å². The Hall–Kier alpha value is -1.01. The summed E-state index contributed by atoms with van der Waals surface area (Å²) < 4.78 is 18.1. The first-order valence-corrected chi connectivity index (χ1v) is 10.0. The molecule has 22 heavy (non-hydrogen) atoms. The summed E-state index contributed by atoms with van der Waals surface area (Å²) in [4.78, 5) is 2.76. The van der Waals surface area contributed by atoms with Gasteiger partial charge in [0.25, 0.3) is 0 Å². The van der Waals surface area contributed by atoms with Crippen LogP contribution < -0.4 is 10.2 Å². The molecule has 2 fully saturated rings. The third-order valence-electron chi connectivity index (χ3n) is 4.65. The summed E-state index contributed by atoms with van der Waals surface area (Å²) in [5.74, 6) is 4.30. The standard InChI is InChI=1S/C16H19ClN2O2S/c1-11-16(18-7-8-21-16)14-9-13(22(2,17)20)5-6-15(14)19(11)10-12-3-4-12/h5-6,9,12,18H,1-4,7-8,10H2. The van der Waals surface area contributed by atoms with Gasteiger partial charge in [-0.1, -0.05) is 6.58 Å². The zero-order chi connectivity index (χ0) is 15.5. The Morgan fingerprint density at radius 2 is 2.27 bits per heavy atom. The predicted molar refractivity (Wildman–Crippen MR) is 90.7 cm³/mol. The van der Waals surface area contributed by atoms with Gasteiger partial charge in [-0.05, 0) is 53.5 Å². The second-order valence-electron chi connectivity index (χ2n) is 6.23. The number of anilines is 1. The van der Waals surface area contributed by atoms with Crippen molar-refractivity contribution in [3.8, 4) is 0 Å². The quantitative estimate of drug-likeness (QED) is 0.679. The lowest BCUT2D eigenvalue weighted by atomic mass is 10.0. The zero-order valence-corrected chi connectivity index (χ0v) is 13.9. The fourth-order valence-corrected chi connectivity index (χ4v) is 4.17. The normalized spacial score (nSPS) is 29.9. The van der Waals surface area contributed by atoms with E-state index in [1.165, 1.54) is 12.8 Å². The molecule has 4 nitrogen and oxygen atoms in total. The van der Waals surface area contributed by atoms with Gasteiger partial charge in [0, 0.05) is 29.2 Å². The first-order chi connectivity index (χ1) is 10.4. The van der Waals surface area contributed by atoms with Gasteiger partial charge in [-0.25, -0.2) is 4.21 Å². The van der Waals surface area contributed by atoms with Crippen molar-refractivity contribution in [2.24, 2.45) is 5.92 Å². The summed E-state index contributed by atoms with van der Waals surface area (Å²) in [6, 6.07) is 5.61. The van der Waals surface area contributed by atoms with Gasteiger partial charge in [-0.15, -0.1) is 0 Å². The molecule has 1 aliphatic carbocycles. The van der Waals surface area contributed by atoms with Crippen LogP contribution in [0.3, 0.4) is 0 Å². The summed E-state index contributed by atoms with van der Waals surface area (Å²) in [6.07, 6.45) is 2.54. The highest BCUT2D eigenvalue weighted by Gasteiger charge is 2.50. The molecule has 0 radical (unpaired) electrons. The molecule has 0 bridgehead atoms. The monoisotopic (exact) mass is 338 g/mol. The Balaban J connectivity index is 1.86. The topological polar surface area (TPSA) is 41.6 Å². The second-order valence-corrected chi connectivity index (χ2v) is 9.39. The first-order valence-electron chi connectivity index (χ1n) is 7.49. The Morgan fingerprint density at radius 1 is 1.50 bits per heavy atom. The Morgan fingerprint density at radius 3 is 2.86 bits per heavy atom. The van der Waals surface area contributed by atoms with Crippen molar-refractivity contribution < 1.29 is 8.95 Å². The van der Waals surface area contributed by atoms with Crippen molar-refractivity contribution in [3.63, 3.8) is 0 Å². The largest absolute Gasteiger partial charge is 0.349 e. The summed E-state index contributed by atoms with van der Waals surface area (Å²) in [6.45, 7) is 6.62. The molecule has 2 aliphatic heterocycles. The summed E-state index contributed by atoms with van der Waals surface area (Å²) in [7, 11) is 3.17. The number of hydrogen-bond donors (Lipinski definition) is 1. The minimum atomic E-state index is -2.78. The van der Waals surface area contributed by atoms with Crippen molar-refractivity contribution in [2.45, 2.75) is 23.5 Å². The Bertz CT molecular complexity index is 749. The Kier molecular flexibility index (Phi) is 3.14. The van der Waals surface area contributed by atoms with E-state index in [0.29, 0.717) is 11.5 Å².